The van der Waals surface area contributed by atoms with Crippen molar-refractivity contribution in [2.24, 2.45) is 0 Å². The first-order valence-corrected chi connectivity index (χ1v) is 9.46. The number of hydrogen-bond acceptors (Lipinski definition) is 3. The van der Waals surface area contributed by atoms with Gasteiger partial charge in [-0.2, -0.15) is 0 Å². The van der Waals surface area contributed by atoms with E-state index in [4.69, 9.17) is 4.74 Å². The van der Waals surface area contributed by atoms with Crippen LogP contribution in [0, 0.1) is 0 Å². The third-order valence-electron chi connectivity index (χ3n) is 4.35. The van der Waals surface area contributed by atoms with Crippen molar-refractivity contribution in [2.45, 2.75) is 79.1 Å². The summed E-state index contributed by atoms with van der Waals surface area (Å²) in [7, 11) is 0. The van der Waals surface area contributed by atoms with Crippen molar-refractivity contribution in [2.75, 3.05) is 13.2 Å². The minimum absolute atomic E-state index is 0.133. The maximum absolute atomic E-state index is 12.2. The summed E-state index contributed by atoms with van der Waals surface area (Å²) in [6.07, 6.45) is 13.2. The van der Waals surface area contributed by atoms with E-state index in [9.17, 15) is 4.79 Å². The second-order valence-electron chi connectivity index (χ2n) is 6.84. The van der Waals surface area contributed by atoms with Gasteiger partial charge in [-0.1, -0.05) is 36.1 Å². The maximum atomic E-state index is 12.2. The molecule has 0 saturated carbocycles. The Labute approximate surface area is 148 Å². The molecule has 0 fully saturated rings. The smallest absolute Gasteiger partial charge is 0.335 e. The highest BCUT2D eigenvalue weighted by molar-refractivity contribution is 5.89. The molecule has 0 bridgehead atoms. The molecule has 0 saturated heterocycles. The molecule has 0 aliphatic heterocycles. The Morgan fingerprint density at radius 3 is 2.46 bits per heavy atom. The topological polar surface area (TPSA) is 38.3 Å². The molecule has 1 N–H and O–H groups in total. The van der Waals surface area contributed by atoms with Crippen LogP contribution in [0.1, 0.15) is 79.1 Å². The number of esters is 1. The average molecular weight is 334 g/mol. The first-order valence-electron chi connectivity index (χ1n) is 9.46. The fourth-order valence-corrected chi connectivity index (χ4v) is 2.94. The average Bonchev–Trinajstić information content (AvgIpc) is 2.49. The van der Waals surface area contributed by atoms with Gasteiger partial charge < -0.3 is 10.1 Å². The summed E-state index contributed by atoms with van der Waals surface area (Å²) in [6, 6.07) is 0. The molecule has 0 spiro atoms. The second-order valence-corrected chi connectivity index (χ2v) is 6.84. The van der Waals surface area contributed by atoms with Gasteiger partial charge in [-0.15, -0.1) is 0 Å². The summed E-state index contributed by atoms with van der Waals surface area (Å²) in [5, 5.41) is 3.50. The normalized spacial score (nSPS) is 16.2. The predicted molar refractivity (Wildman–Crippen MR) is 102 cm³/mol. The fraction of sp³-hybridized carbons (Fsp3) is 0.667. The molecule has 0 radical (unpaired) electrons. The van der Waals surface area contributed by atoms with Gasteiger partial charge in [0.1, 0.15) is 0 Å². The number of nitrogens with one attached hydrogen (secondary N) is 1. The molecule has 1 aliphatic rings. The molecular weight excluding hydrogens is 298 g/mol. The van der Waals surface area contributed by atoms with Crippen LogP contribution >= 0.6 is 0 Å². The quantitative estimate of drug-likeness (QED) is 0.475. The first kappa shape index (κ1) is 20.5. The molecule has 0 aromatic heterocycles. The summed E-state index contributed by atoms with van der Waals surface area (Å²) in [6.45, 7) is 9.56. The lowest BCUT2D eigenvalue weighted by atomic mass is 9.97. The monoisotopic (exact) mass is 333 g/mol. The molecule has 3 nitrogen and oxygen atoms in total. The number of carbonyl (C=O) groups is 1. The molecule has 0 unspecified atom stereocenters. The largest absolute Gasteiger partial charge is 0.463 e. The lowest BCUT2D eigenvalue weighted by Crippen LogP contribution is -2.21. The highest BCUT2D eigenvalue weighted by atomic mass is 16.5. The first-order chi connectivity index (χ1) is 11.5. The molecule has 24 heavy (non-hydrogen) atoms. The predicted octanol–water partition coefficient (Wildman–Crippen LogP) is 5.44. The van der Waals surface area contributed by atoms with E-state index in [0.29, 0.717) is 6.61 Å². The van der Waals surface area contributed by atoms with E-state index in [1.807, 2.05) is 6.92 Å². The van der Waals surface area contributed by atoms with Crippen LogP contribution in [0.3, 0.4) is 0 Å². The zero-order valence-electron chi connectivity index (χ0n) is 16.0. The summed E-state index contributed by atoms with van der Waals surface area (Å²) < 4.78 is 5.25. The van der Waals surface area contributed by atoms with Crippen LogP contribution < -0.4 is 5.32 Å². The fourth-order valence-electron chi connectivity index (χ4n) is 2.94. The zero-order valence-corrected chi connectivity index (χ0v) is 16.0. The van der Waals surface area contributed by atoms with Crippen molar-refractivity contribution in [3.05, 3.63) is 34.6 Å². The summed E-state index contributed by atoms with van der Waals surface area (Å²) >= 11 is 0. The van der Waals surface area contributed by atoms with Crippen LogP contribution in [0.25, 0.3) is 0 Å². The van der Waals surface area contributed by atoms with Gasteiger partial charge in [-0.05, 0) is 66.2 Å². The molecule has 3 heteroatoms. The van der Waals surface area contributed by atoms with Crippen molar-refractivity contribution in [1.82, 2.24) is 5.32 Å². The molecule has 0 aromatic carbocycles. The zero-order chi connectivity index (χ0) is 17.8. The van der Waals surface area contributed by atoms with Crippen molar-refractivity contribution < 1.29 is 9.53 Å². The van der Waals surface area contributed by atoms with Gasteiger partial charge in [-0.3, -0.25) is 0 Å². The Balaban J connectivity index is 2.65. The van der Waals surface area contributed by atoms with E-state index in [1.165, 1.54) is 24.0 Å². The van der Waals surface area contributed by atoms with Crippen LogP contribution in [0.4, 0.5) is 0 Å². The van der Waals surface area contributed by atoms with Crippen LogP contribution in [-0.2, 0) is 9.53 Å². The lowest BCUT2D eigenvalue weighted by Gasteiger charge is -2.18. The molecule has 0 atom stereocenters. The third-order valence-corrected chi connectivity index (χ3v) is 4.35. The van der Waals surface area contributed by atoms with Crippen LogP contribution in [-0.4, -0.2) is 19.1 Å². The van der Waals surface area contributed by atoms with E-state index in [1.54, 1.807) is 0 Å². The van der Waals surface area contributed by atoms with Gasteiger partial charge in [0, 0.05) is 12.2 Å². The maximum Gasteiger partial charge on any atom is 0.335 e. The SMILES string of the molecule is CCOC(=O)C1=C(NCC=C(C)CCC=C(C)C)CCCCCC1. The molecule has 1 rings (SSSR count). The van der Waals surface area contributed by atoms with Gasteiger partial charge in [-0.25, -0.2) is 4.79 Å². The molecule has 0 amide bonds. The summed E-state index contributed by atoms with van der Waals surface area (Å²) in [5.41, 5.74) is 4.73. The highest BCUT2D eigenvalue weighted by Crippen LogP contribution is 2.22. The number of rotatable bonds is 8. The van der Waals surface area contributed by atoms with Crippen LogP contribution in [0.5, 0.6) is 0 Å². The minimum Gasteiger partial charge on any atom is -0.463 e. The van der Waals surface area contributed by atoms with Gasteiger partial charge in [0.25, 0.3) is 0 Å². The van der Waals surface area contributed by atoms with E-state index in [0.717, 1.165) is 56.3 Å². The van der Waals surface area contributed by atoms with Gasteiger partial charge >= 0.3 is 5.97 Å². The number of ether oxygens (including phenoxy) is 1. The molecular formula is C21H35NO2. The Morgan fingerprint density at radius 2 is 1.79 bits per heavy atom. The van der Waals surface area contributed by atoms with E-state index in [2.05, 4.69) is 38.2 Å². The summed E-state index contributed by atoms with van der Waals surface area (Å²) in [4.78, 5) is 12.2. The number of allylic oxidation sites excluding steroid dienone is 4. The van der Waals surface area contributed by atoms with Gasteiger partial charge in [0.2, 0.25) is 0 Å². The molecule has 136 valence electrons. The van der Waals surface area contributed by atoms with Gasteiger partial charge in [0.05, 0.1) is 12.2 Å². The molecule has 0 heterocycles. The number of carbonyl (C=O) groups excluding carboxylic acids is 1. The van der Waals surface area contributed by atoms with Crippen LogP contribution in [0.15, 0.2) is 34.6 Å². The van der Waals surface area contributed by atoms with E-state index < -0.39 is 0 Å². The standard InChI is InChI=1S/C21H35NO2/c1-5-24-21(23)19-13-8-6-7-9-14-20(19)22-16-15-18(4)12-10-11-17(2)3/h11,15,22H,5-10,12-14,16H2,1-4H3. The molecule has 1 aliphatic carbocycles. The number of hydrogen-bond donors (Lipinski definition) is 1. The Kier molecular flexibility index (Phi) is 10.2. The van der Waals surface area contributed by atoms with Crippen LogP contribution in [0.2, 0.25) is 0 Å². The van der Waals surface area contributed by atoms with Crippen molar-refractivity contribution in [3.8, 4) is 0 Å². The summed E-state index contributed by atoms with van der Waals surface area (Å²) in [5.74, 6) is -0.133. The Morgan fingerprint density at radius 1 is 1.08 bits per heavy atom. The van der Waals surface area contributed by atoms with E-state index in [-0.39, 0.29) is 5.97 Å². The van der Waals surface area contributed by atoms with E-state index >= 15 is 0 Å². The van der Waals surface area contributed by atoms with Gasteiger partial charge in [0.15, 0.2) is 0 Å². The second kappa shape index (κ2) is 11.9. The highest BCUT2D eigenvalue weighted by Gasteiger charge is 2.17. The molecule has 0 aromatic rings. The minimum atomic E-state index is -0.133. The van der Waals surface area contributed by atoms with Crippen molar-refractivity contribution >= 4 is 5.97 Å². The Bertz CT molecular complexity index is 482. The lowest BCUT2D eigenvalue weighted by molar-refractivity contribution is -0.138. The van der Waals surface area contributed by atoms with Crippen molar-refractivity contribution in [3.63, 3.8) is 0 Å². The van der Waals surface area contributed by atoms with Crippen molar-refractivity contribution in [1.29, 1.82) is 0 Å². The Hall–Kier alpha value is -1.51. The third kappa shape index (κ3) is 8.37.